The van der Waals surface area contributed by atoms with Crippen molar-refractivity contribution in [2.45, 2.75) is 0 Å². The number of nitrogens with one attached hydrogen (secondary N) is 1. The Kier molecular flexibility index (Phi) is 5.47. The van der Waals surface area contributed by atoms with Gasteiger partial charge in [0.1, 0.15) is 5.75 Å². The number of methoxy groups -OCH3 is 2. The molecule has 2 N–H and O–H groups in total. The minimum absolute atomic E-state index is 0.120. The van der Waals surface area contributed by atoms with Crippen molar-refractivity contribution in [3.8, 4) is 17.2 Å². The lowest BCUT2D eigenvalue weighted by molar-refractivity contribution is 0.0952. The summed E-state index contributed by atoms with van der Waals surface area (Å²) < 4.78 is 10.4. The number of benzene rings is 3. The van der Waals surface area contributed by atoms with Crippen LogP contribution < -0.4 is 14.9 Å². The number of ether oxygens (including phenoxy) is 2. The SMILES string of the molecule is COc1cc(Cl)c(C=NNC(=O)c2cc3ccccc3cc2O)cc1OC. The molecule has 0 heterocycles. The number of carbonyl (C=O) groups excluding carboxylic acids is 1. The predicted octanol–water partition coefficient (Wildman–Crippen LogP) is 3.98. The molecule has 0 aliphatic carbocycles. The number of hydrogen-bond donors (Lipinski definition) is 2. The summed E-state index contributed by atoms with van der Waals surface area (Å²) in [5.74, 6) is 0.322. The van der Waals surface area contributed by atoms with E-state index in [0.29, 0.717) is 22.1 Å². The third kappa shape index (κ3) is 3.96. The van der Waals surface area contributed by atoms with Crippen molar-refractivity contribution in [2.75, 3.05) is 14.2 Å². The zero-order valence-corrected chi connectivity index (χ0v) is 15.4. The van der Waals surface area contributed by atoms with E-state index in [2.05, 4.69) is 10.5 Å². The first kappa shape index (κ1) is 18.5. The van der Waals surface area contributed by atoms with Crippen molar-refractivity contribution in [2.24, 2.45) is 5.10 Å². The van der Waals surface area contributed by atoms with Gasteiger partial charge in [0.2, 0.25) is 0 Å². The van der Waals surface area contributed by atoms with E-state index in [0.717, 1.165) is 10.8 Å². The summed E-state index contributed by atoms with van der Waals surface area (Å²) in [5, 5.41) is 16.1. The van der Waals surface area contributed by atoms with Gasteiger partial charge in [-0.25, -0.2) is 5.43 Å². The molecule has 0 bridgehead atoms. The van der Waals surface area contributed by atoms with Gasteiger partial charge in [0.05, 0.1) is 31.0 Å². The van der Waals surface area contributed by atoms with Gasteiger partial charge in [0, 0.05) is 11.6 Å². The number of phenolic OH excluding ortho intramolecular Hbond substituents is 1. The average molecular weight is 385 g/mol. The zero-order chi connectivity index (χ0) is 19.4. The molecule has 0 aromatic heterocycles. The molecule has 0 atom stereocenters. The topological polar surface area (TPSA) is 80.2 Å². The minimum atomic E-state index is -0.536. The molecule has 3 aromatic carbocycles. The molecule has 0 aliphatic heterocycles. The third-order valence-corrected chi connectivity index (χ3v) is 4.31. The molecule has 0 saturated heterocycles. The van der Waals surface area contributed by atoms with Crippen LogP contribution >= 0.6 is 11.6 Å². The van der Waals surface area contributed by atoms with Crippen LogP contribution in [0.4, 0.5) is 0 Å². The summed E-state index contributed by atoms with van der Waals surface area (Å²) in [6, 6.07) is 13.8. The van der Waals surface area contributed by atoms with Crippen LogP contribution in [0.5, 0.6) is 17.2 Å². The number of hydrogen-bond acceptors (Lipinski definition) is 5. The molecule has 0 spiro atoms. The van der Waals surface area contributed by atoms with E-state index in [1.54, 1.807) is 24.3 Å². The largest absolute Gasteiger partial charge is 0.507 e. The Bertz CT molecular complexity index is 1030. The number of phenols is 1. The number of nitrogens with zero attached hydrogens (tertiary/aromatic N) is 1. The van der Waals surface area contributed by atoms with Crippen molar-refractivity contribution in [1.82, 2.24) is 5.43 Å². The second-order valence-electron chi connectivity index (χ2n) is 5.64. The normalized spacial score (nSPS) is 10.9. The fourth-order valence-corrected chi connectivity index (χ4v) is 2.80. The molecule has 138 valence electrons. The van der Waals surface area contributed by atoms with Crippen LogP contribution in [0.1, 0.15) is 15.9 Å². The smallest absolute Gasteiger partial charge is 0.275 e. The fourth-order valence-electron chi connectivity index (χ4n) is 2.60. The number of carbonyl (C=O) groups is 1. The summed E-state index contributed by atoms with van der Waals surface area (Å²) >= 11 is 6.18. The minimum Gasteiger partial charge on any atom is -0.507 e. The van der Waals surface area contributed by atoms with E-state index < -0.39 is 5.91 Å². The highest BCUT2D eigenvalue weighted by molar-refractivity contribution is 6.33. The summed E-state index contributed by atoms with van der Waals surface area (Å²) in [6.45, 7) is 0. The molecular weight excluding hydrogens is 368 g/mol. The highest BCUT2D eigenvalue weighted by Crippen LogP contribution is 2.32. The highest BCUT2D eigenvalue weighted by Gasteiger charge is 2.12. The van der Waals surface area contributed by atoms with Crippen LogP contribution in [0, 0.1) is 0 Å². The lowest BCUT2D eigenvalue weighted by atomic mass is 10.1. The predicted molar refractivity (Wildman–Crippen MR) is 105 cm³/mol. The number of fused-ring (bicyclic) bond motifs is 1. The van der Waals surface area contributed by atoms with Crippen molar-refractivity contribution >= 4 is 34.5 Å². The van der Waals surface area contributed by atoms with E-state index >= 15 is 0 Å². The van der Waals surface area contributed by atoms with Crippen LogP contribution in [-0.4, -0.2) is 31.4 Å². The maximum atomic E-state index is 12.3. The molecular formula is C20H17ClN2O4. The molecule has 0 unspecified atom stereocenters. The first-order valence-electron chi connectivity index (χ1n) is 8.00. The van der Waals surface area contributed by atoms with E-state index in [-0.39, 0.29) is 11.3 Å². The van der Waals surface area contributed by atoms with Gasteiger partial charge >= 0.3 is 0 Å². The highest BCUT2D eigenvalue weighted by atomic mass is 35.5. The molecule has 1 amide bonds. The summed E-state index contributed by atoms with van der Waals surface area (Å²) in [7, 11) is 3.02. The van der Waals surface area contributed by atoms with Gasteiger partial charge in [-0.1, -0.05) is 35.9 Å². The monoisotopic (exact) mass is 384 g/mol. The number of aromatic hydroxyl groups is 1. The Morgan fingerprint density at radius 1 is 1.07 bits per heavy atom. The first-order chi connectivity index (χ1) is 13.0. The van der Waals surface area contributed by atoms with Crippen molar-refractivity contribution in [3.05, 3.63) is 64.7 Å². The lowest BCUT2D eigenvalue weighted by Crippen LogP contribution is -2.17. The van der Waals surface area contributed by atoms with Gasteiger partial charge < -0.3 is 14.6 Å². The summed E-state index contributed by atoms with van der Waals surface area (Å²) in [5.41, 5.74) is 3.05. The lowest BCUT2D eigenvalue weighted by Gasteiger charge is -2.09. The van der Waals surface area contributed by atoms with Crippen LogP contribution in [-0.2, 0) is 0 Å². The molecule has 0 radical (unpaired) electrons. The Hall–Kier alpha value is -3.25. The number of halogens is 1. The number of rotatable bonds is 5. The van der Waals surface area contributed by atoms with Crippen molar-refractivity contribution in [3.63, 3.8) is 0 Å². The maximum absolute atomic E-state index is 12.3. The maximum Gasteiger partial charge on any atom is 0.275 e. The Morgan fingerprint density at radius 2 is 1.70 bits per heavy atom. The number of amides is 1. The second-order valence-corrected chi connectivity index (χ2v) is 6.05. The molecule has 6 nitrogen and oxygen atoms in total. The Labute approximate surface area is 161 Å². The van der Waals surface area contributed by atoms with Crippen LogP contribution in [0.15, 0.2) is 53.6 Å². The molecule has 27 heavy (non-hydrogen) atoms. The van der Waals surface area contributed by atoms with E-state index in [1.165, 1.54) is 20.4 Å². The van der Waals surface area contributed by atoms with Crippen LogP contribution in [0.3, 0.4) is 0 Å². The quantitative estimate of drug-likeness (QED) is 0.515. The van der Waals surface area contributed by atoms with Crippen LogP contribution in [0.2, 0.25) is 5.02 Å². The summed E-state index contributed by atoms with van der Waals surface area (Å²) in [4.78, 5) is 12.3. The van der Waals surface area contributed by atoms with Gasteiger partial charge in [-0.2, -0.15) is 5.10 Å². The average Bonchev–Trinajstić information content (AvgIpc) is 2.68. The van der Waals surface area contributed by atoms with Gasteiger partial charge in [-0.3, -0.25) is 4.79 Å². The van der Waals surface area contributed by atoms with Crippen molar-refractivity contribution in [1.29, 1.82) is 0 Å². The standard InChI is InChI=1S/C20H17ClN2O4/c1-26-18-9-14(16(21)10-19(18)27-2)11-22-23-20(25)15-7-12-5-3-4-6-13(12)8-17(15)24/h3-11,24H,1-2H3,(H,23,25). The Morgan fingerprint density at radius 3 is 2.37 bits per heavy atom. The molecule has 3 aromatic rings. The summed E-state index contributed by atoms with van der Waals surface area (Å²) in [6.07, 6.45) is 1.39. The number of hydrazone groups is 1. The molecule has 7 heteroatoms. The van der Waals surface area contributed by atoms with Crippen LogP contribution in [0.25, 0.3) is 10.8 Å². The van der Waals surface area contributed by atoms with Crippen molar-refractivity contribution < 1.29 is 19.4 Å². The van der Waals surface area contributed by atoms with Gasteiger partial charge in [0.25, 0.3) is 5.91 Å². The second kappa shape index (κ2) is 7.97. The van der Waals surface area contributed by atoms with E-state index in [1.807, 2.05) is 24.3 Å². The molecule has 3 rings (SSSR count). The van der Waals surface area contributed by atoms with Gasteiger partial charge in [-0.15, -0.1) is 0 Å². The van der Waals surface area contributed by atoms with Gasteiger partial charge in [0.15, 0.2) is 11.5 Å². The molecule has 0 fully saturated rings. The fraction of sp³-hybridized carbons (Fsp3) is 0.100. The van der Waals surface area contributed by atoms with E-state index in [4.69, 9.17) is 21.1 Å². The molecule has 0 aliphatic rings. The zero-order valence-electron chi connectivity index (χ0n) is 14.7. The van der Waals surface area contributed by atoms with Gasteiger partial charge in [-0.05, 0) is 29.0 Å². The third-order valence-electron chi connectivity index (χ3n) is 3.98. The Balaban J connectivity index is 1.81. The van der Waals surface area contributed by atoms with E-state index in [9.17, 15) is 9.90 Å². The molecule has 0 saturated carbocycles. The first-order valence-corrected chi connectivity index (χ1v) is 8.38.